The molecular weight excluding hydrogens is 342 g/mol. The van der Waals surface area contributed by atoms with Crippen LogP contribution in [0.1, 0.15) is 36.4 Å². The molecule has 0 aliphatic carbocycles. The molecule has 1 aromatic carbocycles. The van der Waals surface area contributed by atoms with Crippen LogP contribution in [0.3, 0.4) is 0 Å². The van der Waals surface area contributed by atoms with Crippen LogP contribution in [0.4, 0.5) is 0 Å². The first-order valence-electron chi connectivity index (χ1n) is 9.10. The molecule has 3 rings (SSSR count). The smallest absolute Gasteiger partial charge is 0.191 e. The molecule has 142 valence electrons. The van der Waals surface area contributed by atoms with Gasteiger partial charge in [0.2, 0.25) is 0 Å². The summed E-state index contributed by atoms with van der Waals surface area (Å²) >= 11 is 0. The number of aromatic amines is 1. The molecule has 0 saturated carbocycles. The van der Waals surface area contributed by atoms with E-state index >= 15 is 0 Å². The topological polar surface area (TPSA) is 104 Å². The highest BCUT2D eigenvalue weighted by molar-refractivity contribution is 5.79. The Balaban J connectivity index is 1.60. The van der Waals surface area contributed by atoms with E-state index in [1.165, 1.54) is 6.33 Å². The normalized spacial score (nSPS) is 11.6. The Morgan fingerprint density at radius 1 is 1.19 bits per heavy atom. The maximum Gasteiger partial charge on any atom is 0.191 e. The number of hydrogen-bond acceptors (Lipinski definition) is 5. The zero-order chi connectivity index (χ0) is 19.1. The summed E-state index contributed by atoms with van der Waals surface area (Å²) in [6, 6.07) is 8.14. The number of nitrogens with zero attached hydrogens (tertiary/aromatic N) is 4. The molecule has 0 bridgehead atoms. The molecular formula is C19H25N7O. The van der Waals surface area contributed by atoms with Crippen LogP contribution < -0.4 is 10.6 Å². The van der Waals surface area contributed by atoms with E-state index in [-0.39, 0.29) is 0 Å². The molecule has 8 heteroatoms. The Bertz CT molecular complexity index is 862. The highest BCUT2D eigenvalue weighted by Gasteiger charge is 2.13. The third-order valence-electron chi connectivity index (χ3n) is 4.34. The number of aliphatic imine (C=N–C) groups is 1. The van der Waals surface area contributed by atoms with Gasteiger partial charge in [-0.15, -0.1) is 0 Å². The quantitative estimate of drug-likeness (QED) is 0.438. The minimum atomic E-state index is 0.633. The van der Waals surface area contributed by atoms with Gasteiger partial charge in [0.25, 0.3) is 0 Å². The first-order chi connectivity index (χ1) is 13.2. The molecule has 0 saturated heterocycles. The lowest BCUT2D eigenvalue weighted by Gasteiger charge is -2.12. The molecule has 0 radical (unpaired) electrons. The van der Waals surface area contributed by atoms with Crippen LogP contribution in [0, 0.1) is 0 Å². The minimum absolute atomic E-state index is 0.633. The molecule has 27 heavy (non-hydrogen) atoms. The summed E-state index contributed by atoms with van der Waals surface area (Å²) in [5.41, 5.74) is 4.24. The lowest BCUT2D eigenvalue weighted by Crippen LogP contribution is -2.36. The Morgan fingerprint density at radius 3 is 2.74 bits per heavy atom. The molecule has 3 N–H and O–H groups in total. The van der Waals surface area contributed by atoms with Gasteiger partial charge in [-0.1, -0.05) is 37.2 Å². The highest BCUT2D eigenvalue weighted by atomic mass is 16.5. The van der Waals surface area contributed by atoms with Gasteiger partial charge in [0, 0.05) is 37.7 Å². The molecule has 0 spiro atoms. The van der Waals surface area contributed by atoms with Crippen molar-refractivity contribution in [3.05, 3.63) is 53.2 Å². The molecule has 2 heterocycles. The van der Waals surface area contributed by atoms with Crippen molar-refractivity contribution < 1.29 is 4.52 Å². The number of aromatic nitrogens is 4. The second-order valence-corrected chi connectivity index (χ2v) is 6.05. The van der Waals surface area contributed by atoms with Crippen molar-refractivity contribution in [3.63, 3.8) is 0 Å². The first kappa shape index (κ1) is 18.6. The van der Waals surface area contributed by atoms with Crippen LogP contribution >= 0.6 is 0 Å². The molecule has 0 fully saturated rings. The molecule has 0 aliphatic rings. The summed E-state index contributed by atoms with van der Waals surface area (Å²) in [4.78, 5) is 8.49. The van der Waals surface area contributed by atoms with E-state index < -0.39 is 0 Å². The number of rotatable bonds is 7. The monoisotopic (exact) mass is 367 g/mol. The van der Waals surface area contributed by atoms with Crippen LogP contribution in [0.25, 0.3) is 11.4 Å². The van der Waals surface area contributed by atoms with Gasteiger partial charge in [-0.2, -0.15) is 5.10 Å². The van der Waals surface area contributed by atoms with Gasteiger partial charge in [-0.05, 0) is 18.1 Å². The molecule has 0 atom stereocenters. The van der Waals surface area contributed by atoms with Crippen molar-refractivity contribution in [3.8, 4) is 11.4 Å². The first-order valence-corrected chi connectivity index (χ1v) is 9.10. The largest absolute Gasteiger partial charge is 0.361 e. The predicted octanol–water partition coefficient (Wildman–Crippen LogP) is 2.45. The van der Waals surface area contributed by atoms with Crippen molar-refractivity contribution in [2.24, 2.45) is 4.99 Å². The van der Waals surface area contributed by atoms with Gasteiger partial charge < -0.3 is 15.2 Å². The lowest BCUT2D eigenvalue weighted by molar-refractivity contribution is 0.380. The van der Waals surface area contributed by atoms with Gasteiger partial charge in [0.05, 0.1) is 5.69 Å². The molecule has 0 amide bonds. The van der Waals surface area contributed by atoms with Crippen molar-refractivity contribution in [2.75, 3.05) is 7.05 Å². The third kappa shape index (κ3) is 4.52. The van der Waals surface area contributed by atoms with Crippen LogP contribution in [0.2, 0.25) is 0 Å². The van der Waals surface area contributed by atoms with Crippen LogP contribution in [-0.2, 0) is 25.9 Å². The van der Waals surface area contributed by atoms with Gasteiger partial charge in [-0.3, -0.25) is 10.1 Å². The summed E-state index contributed by atoms with van der Waals surface area (Å²) in [6.07, 6.45) is 3.18. The second-order valence-electron chi connectivity index (χ2n) is 6.05. The van der Waals surface area contributed by atoms with E-state index in [2.05, 4.69) is 61.9 Å². The average Bonchev–Trinajstić information content (AvgIpc) is 3.38. The predicted molar refractivity (Wildman–Crippen MR) is 104 cm³/mol. The van der Waals surface area contributed by atoms with Crippen molar-refractivity contribution in [1.29, 1.82) is 0 Å². The van der Waals surface area contributed by atoms with E-state index in [1.807, 2.05) is 12.1 Å². The van der Waals surface area contributed by atoms with E-state index in [9.17, 15) is 0 Å². The number of aryl methyl sites for hydroxylation is 2. The summed E-state index contributed by atoms with van der Waals surface area (Å²) in [5.74, 6) is 2.41. The highest BCUT2D eigenvalue weighted by Crippen LogP contribution is 2.16. The number of hydrogen-bond donors (Lipinski definition) is 3. The summed E-state index contributed by atoms with van der Waals surface area (Å²) < 4.78 is 5.42. The number of H-pyrrole nitrogens is 1. The Morgan fingerprint density at radius 2 is 2.04 bits per heavy atom. The van der Waals surface area contributed by atoms with Crippen molar-refractivity contribution in [1.82, 2.24) is 31.0 Å². The fourth-order valence-corrected chi connectivity index (χ4v) is 2.89. The van der Waals surface area contributed by atoms with Crippen LogP contribution in [-0.4, -0.2) is 33.3 Å². The summed E-state index contributed by atoms with van der Waals surface area (Å²) in [5, 5.41) is 17.6. The average molecular weight is 367 g/mol. The molecule has 8 nitrogen and oxygen atoms in total. The fraction of sp³-hybridized carbons (Fsp3) is 0.368. The van der Waals surface area contributed by atoms with Gasteiger partial charge >= 0.3 is 0 Å². The number of nitrogens with one attached hydrogen (secondary N) is 3. The van der Waals surface area contributed by atoms with Crippen molar-refractivity contribution in [2.45, 2.75) is 39.8 Å². The standard InChI is InChI=1S/C19H25N7O/c1-4-16-15(17(5-2)27-26-16)11-22-19(20-3)21-10-13-7-6-8-14(9-13)18-23-12-24-25-18/h6-9,12H,4-5,10-11H2,1-3H3,(H2,20,21,22)(H,23,24,25). The van der Waals surface area contributed by atoms with Crippen LogP contribution in [0.15, 0.2) is 40.1 Å². The second kappa shape index (κ2) is 8.98. The van der Waals surface area contributed by atoms with Crippen LogP contribution in [0.5, 0.6) is 0 Å². The van der Waals surface area contributed by atoms with E-state index in [4.69, 9.17) is 4.52 Å². The maximum absolute atomic E-state index is 5.42. The van der Waals surface area contributed by atoms with E-state index in [1.54, 1.807) is 7.05 Å². The maximum atomic E-state index is 5.42. The number of benzene rings is 1. The zero-order valence-electron chi connectivity index (χ0n) is 15.9. The zero-order valence-corrected chi connectivity index (χ0v) is 15.9. The Kier molecular flexibility index (Phi) is 6.19. The molecule has 0 unspecified atom stereocenters. The lowest BCUT2D eigenvalue weighted by atomic mass is 10.1. The third-order valence-corrected chi connectivity index (χ3v) is 4.34. The Hall–Kier alpha value is -3.16. The summed E-state index contributed by atoms with van der Waals surface area (Å²) in [7, 11) is 1.76. The number of guanidine groups is 1. The van der Waals surface area contributed by atoms with Gasteiger partial charge in [0.15, 0.2) is 11.8 Å². The van der Waals surface area contributed by atoms with Gasteiger partial charge in [0.1, 0.15) is 12.1 Å². The Labute approximate surface area is 158 Å². The fourth-order valence-electron chi connectivity index (χ4n) is 2.89. The van der Waals surface area contributed by atoms with E-state index in [0.717, 1.165) is 52.8 Å². The van der Waals surface area contributed by atoms with E-state index in [0.29, 0.717) is 13.1 Å². The van der Waals surface area contributed by atoms with Crippen molar-refractivity contribution >= 4 is 5.96 Å². The minimum Gasteiger partial charge on any atom is -0.361 e. The summed E-state index contributed by atoms with van der Waals surface area (Å²) in [6.45, 7) is 5.42. The van der Waals surface area contributed by atoms with Gasteiger partial charge in [-0.25, -0.2) is 4.98 Å². The molecule has 3 aromatic rings. The molecule has 2 aromatic heterocycles. The molecule has 0 aliphatic heterocycles. The SMILES string of the molecule is CCc1noc(CC)c1CNC(=NC)NCc1cccc(-c2ncn[nH]2)c1.